The van der Waals surface area contributed by atoms with Crippen LogP contribution >= 0.6 is 24.0 Å². The number of furan rings is 1. The average Bonchev–Trinajstić information content (AvgIpc) is 3.42. The van der Waals surface area contributed by atoms with Crippen molar-refractivity contribution in [3.63, 3.8) is 0 Å². The minimum atomic E-state index is 0. The van der Waals surface area contributed by atoms with E-state index in [0.29, 0.717) is 13.3 Å². The highest BCUT2D eigenvalue weighted by molar-refractivity contribution is 14.0. The van der Waals surface area contributed by atoms with E-state index in [-0.39, 0.29) is 30.0 Å². The first-order valence-corrected chi connectivity index (χ1v) is 10.4. The average molecular weight is 542 g/mol. The van der Waals surface area contributed by atoms with Crippen LogP contribution in [0.5, 0.6) is 11.5 Å². The molecule has 2 aliphatic rings. The van der Waals surface area contributed by atoms with Gasteiger partial charge in [0.25, 0.3) is 0 Å². The standard InChI is InChI=1S/C22H30N4O4.HI/c1-16-3-5-19(30-16)18(26-9-11-27-12-10-26)14-25-22(23-2)24-8-7-17-4-6-20-21(13-17)29-15-28-20;/h3-6,13,18H,7-12,14-15H2,1-2H3,(H2,23,24,25);1H. The molecule has 1 saturated heterocycles. The number of halogens is 1. The van der Waals surface area contributed by atoms with E-state index in [2.05, 4.69) is 32.7 Å². The number of rotatable bonds is 7. The maximum Gasteiger partial charge on any atom is 0.231 e. The van der Waals surface area contributed by atoms with Crippen LogP contribution in [0.15, 0.2) is 39.7 Å². The molecule has 2 N–H and O–H groups in total. The summed E-state index contributed by atoms with van der Waals surface area (Å²) in [5.41, 5.74) is 1.19. The fraction of sp³-hybridized carbons (Fsp3) is 0.500. The van der Waals surface area contributed by atoms with E-state index >= 15 is 0 Å². The van der Waals surface area contributed by atoms with Gasteiger partial charge in [-0.3, -0.25) is 9.89 Å². The Balaban J connectivity index is 0.00000272. The summed E-state index contributed by atoms with van der Waals surface area (Å²) in [6, 6.07) is 10.3. The van der Waals surface area contributed by atoms with Gasteiger partial charge >= 0.3 is 0 Å². The lowest BCUT2D eigenvalue weighted by Gasteiger charge is -2.33. The van der Waals surface area contributed by atoms with E-state index in [1.165, 1.54) is 5.56 Å². The molecule has 170 valence electrons. The van der Waals surface area contributed by atoms with Gasteiger partial charge in [-0.2, -0.15) is 0 Å². The first kappa shape index (κ1) is 23.7. The summed E-state index contributed by atoms with van der Waals surface area (Å²) in [5.74, 6) is 4.30. The highest BCUT2D eigenvalue weighted by Crippen LogP contribution is 2.32. The van der Waals surface area contributed by atoms with Gasteiger partial charge in [-0.05, 0) is 43.2 Å². The summed E-state index contributed by atoms with van der Waals surface area (Å²) in [5, 5.41) is 6.85. The Kier molecular flexibility index (Phi) is 8.85. The maximum absolute atomic E-state index is 5.94. The molecular formula is C22H31IN4O4. The van der Waals surface area contributed by atoms with Crippen LogP contribution in [0.4, 0.5) is 0 Å². The largest absolute Gasteiger partial charge is 0.465 e. The molecule has 8 nitrogen and oxygen atoms in total. The van der Waals surface area contributed by atoms with Crippen LogP contribution in [-0.2, 0) is 11.2 Å². The van der Waals surface area contributed by atoms with Crippen LogP contribution in [0.3, 0.4) is 0 Å². The number of morpholine rings is 1. The highest BCUT2D eigenvalue weighted by atomic mass is 127. The monoisotopic (exact) mass is 542 g/mol. The Morgan fingerprint density at radius 1 is 1.10 bits per heavy atom. The Morgan fingerprint density at radius 3 is 2.65 bits per heavy atom. The third-order valence-electron chi connectivity index (χ3n) is 5.41. The van der Waals surface area contributed by atoms with E-state index in [0.717, 1.165) is 68.2 Å². The molecule has 9 heteroatoms. The second kappa shape index (κ2) is 11.6. The smallest absolute Gasteiger partial charge is 0.231 e. The molecule has 31 heavy (non-hydrogen) atoms. The lowest BCUT2D eigenvalue weighted by Crippen LogP contribution is -2.46. The summed E-state index contributed by atoms with van der Waals surface area (Å²) in [7, 11) is 1.79. The fourth-order valence-corrected chi connectivity index (χ4v) is 3.77. The van der Waals surface area contributed by atoms with E-state index in [1.807, 2.05) is 25.1 Å². The van der Waals surface area contributed by atoms with Gasteiger partial charge in [0.05, 0.1) is 19.3 Å². The molecule has 2 aliphatic heterocycles. The summed E-state index contributed by atoms with van der Waals surface area (Å²) < 4.78 is 22.3. The van der Waals surface area contributed by atoms with Crippen LogP contribution in [0.2, 0.25) is 0 Å². The van der Waals surface area contributed by atoms with Gasteiger partial charge in [-0.1, -0.05) is 6.07 Å². The molecule has 3 heterocycles. The predicted octanol–water partition coefficient (Wildman–Crippen LogP) is 2.72. The molecule has 0 aliphatic carbocycles. The molecule has 4 rings (SSSR count). The second-order valence-electron chi connectivity index (χ2n) is 7.43. The zero-order valence-corrected chi connectivity index (χ0v) is 20.4. The second-order valence-corrected chi connectivity index (χ2v) is 7.43. The van der Waals surface area contributed by atoms with Crippen LogP contribution in [-0.4, -0.2) is 64.1 Å². The molecule has 1 aromatic carbocycles. The Bertz CT molecular complexity index is 867. The van der Waals surface area contributed by atoms with Gasteiger partial charge in [-0.15, -0.1) is 24.0 Å². The van der Waals surface area contributed by atoms with Crippen molar-refractivity contribution in [3.8, 4) is 11.5 Å². The highest BCUT2D eigenvalue weighted by Gasteiger charge is 2.25. The number of hydrogen-bond acceptors (Lipinski definition) is 6. The van der Waals surface area contributed by atoms with Crippen molar-refractivity contribution in [3.05, 3.63) is 47.4 Å². The van der Waals surface area contributed by atoms with E-state index in [9.17, 15) is 0 Å². The summed E-state index contributed by atoms with van der Waals surface area (Å²) in [6.45, 7) is 7.02. The van der Waals surface area contributed by atoms with Crippen LogP contribution in [0.25, 0.3) is 0 Å². The zero-order chi connectivity index (χ0) is 20.8. The third kappa shape index (κ3) is 6.27. The minimum absolute atomic E-state index is 0. The minimum Gasteiger partial charge on any atom is -0.465 e. The van der Waals surface area contributed by atoms with Gasteiger partial charge in [0.15, 0.2) is 17.5 Å². The topological polar surface area (TPSA) is 80.5 Å². The van der Waals surface area contributed by atoms with Gasteiger partial charge in [-0.25, -0.2) is 0 Å². The summed E-state index contributed by atoms with van der Waals surface area (Å²) in [4.78, 5) is 6.77. The number of benzene rings is 1. The Labute approximate surface area is 200 Å². The molecule has 0 bridgehead atoms. The number of ether oxygens (including phenoxy) is 3. The van der Waals surface area contributed by atoms with Crippen molar-refractivity contribution < 1.29 is 18.6 Å². The first-order valence-electron chi connectivity index (χ1n) is 10.4. The lowest BCUT2D eigenvalue weighted by molar-refractivity contribution is 0.0124. The molecule has 0 radical (unpaired) electrons. The quantitative estimate of drug-likeness (QED) is 0.317. The van der Waals surface area contributed by atoms with E-state index < -0.39 is 0 Å². The van der Waals surface area contributed by atoms with Gasteiger partial charge in [0.2, 0.25) is 6.79 Å². The molecule has 1 atom stereocenters. The molecule has 0 saturated carbocycles. The molecule has 2 aromatic rings. The van der Waals surface area contributed by atoms with Crippen molar-refractivity contribution in [1.29, 1.82) is 0 Å². The third-order valence-corrected chi connectivity index (χ3v) is 5.41. The van der Waals surface area contributed by atoms with Gasteiger partial charge in [0, 0.05) is 33.2 Å². The molecule has 0 amide bonds. The number of hydrogen-bond donors (Lipinski definition) is 2. The Morgan fingerprint density at radius 2 is 1.90 bits per heavy atom. The predicted molar refractivity (Wildman–Crippen MR) is 130 cm³/mol. The molecule has 0 spiro atoms. The number of guanidine groups is 1. The van der Waals surface area contributed by atoms with Crippen LogP contribution < -0.4 is 20.1 Å². The van der Waals surface area contributed by atoms with Crippen molar-refractivity contribution in [1.82, 2.24) is 15.5 Å². The number of fused-ring (bicyclic) bond motifs is 1. The van der Waals surface area contributed by atoms with Gasteiger partial charge in [0.1, 0.15) is 11.5 Å². The van der Waals surface area contributed by atoms with Crippen molar-refractivity contribution in [2.45, 2.75) is 19.4 Å². The van der Waals surface area contributed by atoms with Crippen LogP contribution in [0.1, 0.15) is 23.1 Å². The molecule has 1 fully saturated rings. The lowest BCUT2D eigenvalue weighted by atomic mass is 10.1. The first-order chi connectivity index (χ1) is 14.7. The van der Waals surface area contributed by atoms with Crippen molar-refractivity contribution in [2.24, 2.45) is 4.99 Å². The molecular weight excluding hydrogens is 511 g/mol. The van der Waals surface area contributed by atoms with E-state index in [4.69, 9.17) is 18.6 Å². The summed E-state index contributed by atoms with van der Waals surface area (Å²) >= 11 is 0. The SMILES string of the molecule is CN=C(NCCc1ccc2c(c1)OCO2)NCC(c1ccc(C)o1)N1CCOCC1.I. The van der Waals surface area contributed by atoms with Crippen molar-refractivity contribution in [2.75, 3.05) is 53.2 Å². The number of nitrogens with zero attached hydrogens (tertiary/aromatic N) is 2. The number of nitrogens with one attached hydrogen (secondary N) is 2. The zero-order valence-electron chi connectivity index (χ0n) is 18.1. The van der Waals surface area contributed by atoms with Crippen molar-refractivity contribution >= 4 is 29.9 Å². The van der Waals surface area contributed by atoms with E-state index in [1.54, 1.807) is 7.05 Å². The van der Waals surface area contributed by atoms with Crippen LogP contribution in [0, 0.1) is 6.92 Å². The molecule has 1 aromatic heterocycles. The summed E-state index contributed by atoms with van der Waals surface area (Å²) in [6.07, 6.45) is 0.863. The number of aliphatic imine (C=N–C) groups is 1. The number of aryl methyl sites for hydroxylation is 1. The van der Waals surface area contributed by atoms with Gasteiger partial charge < -0.3 is 29.3 Å². The normalized spacial score (nSPS) is 17.2. The fourth-order valence-electron chi connectivity index (χ4n) is 3.77. The maximum atomic E-state index is 5.94. The Hall–Kier alpha value is -1.98. The molecule has 1 unspecified atom stereocenters.